The highest BCUT2D eigenvalue weighted by Gasteiger charge is 2.24. The lowest BCUT2D eigenvalue weighted by Crippen LogP contribution is -3.14. The molecule has 1 aliphatic heterocycles. The summed E-state index contributed by atoms with van der Waals surface area (Å²) in [6.45, 7) is 4.33. The van der Waals surface area contributed by atoms with Gasteiger partial charge in [0.05, 0.1) is 49.9 Å². The van der Waals surface area contributed by atoms with E-state index in [0.717, 1.165) is 37.2 Å². The van der Waals surface area contributed by atoms with E-state index in [1.807, 2.05) is 0 Å². The zero-order valence-electron chi connectivity index (χ0n) is 15.0. The van der Waals surface area contributed by atoms with E-state index in [1.54, 1.807) is 0 Å². The van der Waals surface area contributed by atoms with Gasteiger partial charge in [0.25, 0.3) is 0 Å². The van der Waals surface area contributed by atoms with Crippen molar-refractivity contribution < 1.29 is 27.6 Å². The molecule has 0 bridgehead atoms. The Labute approximate surface area is 159 Å². The zero-order chi connectivity index (χ0) is 19.2. The van der Waals surface area contributed by atoms with Gasteiger partial charge in [-0.25, -0.2) is 8.42 Å². The molecule has 1 aromatic carbocycles. The number of morpholine rings is 1. The highest BCUT2D eigenvalue weighted by molar-refractivity contribution is 7.89. The van der Waals surface area contributed by atoms with Gasteiger partial charge in [-0.1, -0.05) is 11.6 Å². The van der Waals surface area contributed by atoms with Crippen LogP contribution in [0.1, 0.15) is 0 Å². The molecule has 0 atom stereocenters. The molecule has 1 aliphatic rings. The lowest BCUT2D eigenvalue weighted by Gasteiger charge is -2.24. The van der Waals surface area contributed by atoms with Gasteiger partial charge in [-0.15, -0.1) is 0 Å². The van der Waals surface area contributed by atoms with Crippen LogP contribution in [0.25, 0.3) is 0 Å². The summed E-state index contributed by atoms with van der Waals surface area (Å²) in [6, 6.07) is 4.19. The molecule has 1 fully saturated rings. The van der Waals surface area contributed by atoms with Crippen LogP contribution in [0.15, 0.2) is 23.1 Å². The van der Waals surface area contributed by atoms with Gasteiger partial charge in [-0.3, -0.25) is 4.79 Å². The Morgan fingerprint density at radius 2 is 2.08 bits per heavy atom. The van der Waals surface area contributed by atoms with Crippen molar-refractivity contribution in [1.82, 2.24) is 9.62 Å². The minimum Gasteiger partial charge on any atom is -0.495 e. The summed E-state index contributed by atoms with van der Waals surface area (Å²) in [5.74, 6) is 0.0416. The maximum Gasteiger partial charge on any atom is 0.243 e. The number of carbonyl (C=O) groups is 1. The Kier molecular flexibility index (Phi) is 7.66. The first-order valence-corrected chi connectivity index (χ1v) is 10.1. The minimum absolute atomic E-state index is 0.0105. The zero-order valence-corrected chi connectivity index (χ0v) is 16.5. The number of nitrogens with zero attached hydrogens (tertiary/aromatic N) is 1. The van der Waals surface area contributed by atoms with E-state index in [4.69, 9.17) is 21.1 Å². The Morgan fingerprint density at radius 1 is 1.38 bits per heavy atom. The van der Waals surface area contributed by atoms with Gasteiger partial charge in [0.2, 0.25) is 15.9 Å². The maximum atomic E-state index is 12.6. The second-order valence-electron chi connectivity index (χ2n) is 6.02. The van der Waals surface area contributed by atoms with Crippen molar-refractivity contribution in [2.45, 2.75) is 4.90 Å². The molecule has 0 saturated carbocycles. The van der Waals surface area contributed by atoms with Crippen LogP contribution < -0.4 is 15.0 Å². The van der Waals surface area contributed by atoms with E-state index < -0.39 is 10.0 Å². The quantitative estimate of drug-likeness (QED) is 0.578. The Balaban J connectivity index is 1.87. The first-order valence-electron chi connectivity index (χ1n) is 8.32. The van der Waals surface area contributed by atoms with Crippen molar-refractivity contribution in [2.24, 2.45) is 0 Å². The van der Waals surface area contributed by atoms with Crippen LogP contribution in [0.5, 0.6) is 5.75 Å². The van der Waals surface area contributed by atoms with Gasteiger partial charge < -0.3 is 19.7 Å². The van der Waals surface area contributed by atoms with E-state index in [-0.39, 0.29) is 22.4 Å². The number of sulfonamides is 1. The number of hydrogen-bond donors (Lipinski definition) is 2. The van der Waals surface area contributed by atoms with Gasteiger partial charge in [0.15, 0.2) is 0 Å². The van der Waals surface area contributed by atoms with Crippen molar-refractivity contribution in [2.75, 3.05) is 60.1 Å². The van der Waals surface area contributed by atoms with Crippen LogP contribution in [0.2, 0.25) is 5.02 Å². The van der Waals surface area contributed by atoms with Gasteiger partial charge in [0, 0.05) is 7.05 Å². The molecule has 1 heterocycles. The number of nitrogens with one attached hydrogen (secondary N) is 2. The molecule has 2 rings (SSSR count). The predicted molar refractivity (Wildman–Crippen MR) is 97.2 cm³/mol. The molecule has 0 unspecified atom stereocenters. The van der Waals surface area contributed by atoms with Gasteiger partial charge in [0.1, 0.15) is 18.8 Å². The summed E-state index contributed by atoms with van der Waals surface area (Å²) >= 11 is 5.99. The van der Waals surface area contributed by atoms with Gasteiger partial charge >= 0.3 is 0 Å². The van der Waals surface area contributed by atoms with E-state index in [1.165, 1.54) is 37.3 Å². The van der Waals surface area contributed by atoms with Crippen molar-refractivity contribution in [3.05, 3.63) is 23.2 Å². The number of ether oxygens (including phenoxy) is 2. The number of benzene rings is 1. The first kappa shape index (κ1) is 20.9. The Hall–Kier alpha value is -1.39. The Bertz CT molecular complexity index is 723. The predicted octanol–water partition coefficient (Wildman–Crippen LogP) is -1.000. The van der Waals surface area contributed by atoms with Gasteiger partial charge in [-0.05, 0) is 18.2 Å². The Morgan fingerprint density at radius 3 is 2.69 bits per heavy atom. The summed E-state index contributed by atoms with van der Waals surface area (Å²) in [4.78, 5) is 13.4. The lowest BCUT2D eigenvalue weighted by molar-refractivity contribution is -0.906. The standard InChI is InChI=1S/C16H24ClN3O5S/c1-19(12-16(21)18-5-6-20-7-9-25-10-8-20)26(22,23)13-3-4-15(24-2)14(17)11-13/h3-4,11H,5-10,12H2,1-2H3,(H,18,21)/p+1. The molecule has 1 aromatic rings. The van der Waals surface area contributed by atoms with Crippen molar-refractivity contribution in [3.8, 4) is 5.75 Å². The summed E-state index contributed by atoms with van der Waals surface area (Å²) < 4.78 is 36.4. The third kappa shape index (κ3) is 5.55. The number of rotatable bonds is 8. The topological polar surface area (TPSA) is 89.4 Å². The molecule has 0 radical (unpaired) electrons. The number of amides is 1. The number of halogens is 1. The second-order valence-corrected chi connectivity index (χ2v) is 8.47. The average molecular weight is 407 g/mol. The second kappa shape index (κ2) is 9.52. The average Bonchev–Trinajstić information content (AvgIpc) is 2.62. The number of quaternary nitrogens is 1. The van der Waals surface area contributed by atoms with Crippen LogP contribution in [0.4, 0.5) is 0 Å². The maximum absolute atomic E-state index is 12.6. The summed E-state index contributed by atoms with van der Waals surface area (Å²) in [5, 5.41) is 2.96. The van der Waals surface area contributed by atoms with Crippen molar-refractivity contribution >= 4 is 27.5 Å². The normalized spacial score (nSPS) is 15.8. The number of hydrogen-bond acceptors (Lipinski definition) is 5. The van der Waals surface area contributed by atoms with Crippen LogP contribution in [0.3, 0.4) is 0 Å². The largest absolute Gasteiger partial charge is 0.495 e. The van der Waals surface area contributed by atoms with Crippen LogP contribution in [-0.4, -0.2) is 78.7 Å². The third-order valence-electron chi connectivity index (χ3n) is 4.20. The van der Waals surface area contributed by atoms with Crippen LogP contribution in [-0.2, 0) is 19.6 Å². The van der Waals surface area contributed by atoms with E-state index >= 15 is 0 Å². The number of carbonyl (C=O) groups excluding carboxylic acids is 1. The smallest absolute Gasteiger partial charge is 0.243 e. The van der Waals surface area contributed by atoms with Crippen molar-refractivity contribution in [3.63, 3.8) is 0 Å². The molecular weight excluding hydrogens is 382 g/mol. The van der Waals surface area contributed by atoms with Crippen molar-refractivity contribution in [1.29, 1.82) is 0 Å². The van der Waals surface area contributed by atoms with Crippen LogP contribution in [0, 0.1) is 0 Å². The molecule has 26 heavy (non-hydrogen) atoms. The number of likely N-dealkylation sites (N-methyl/N-ethyl adjacent to an activating group) is 1. The van der Waals surface area contributed by atoms with E-state index in [0.29, 0.717) is 12.3 Å². The van der Waals surface area contributed by atoms with Crippen LogP contribution >= 0.6 is 11.6 Å². The first-order chi connectivity index (χ1) is 12.3. The van der Waals surface area contributed by atoms with E-state index in [2.05, 4.69) is 5.32 Å². The summed E-state index contributed by atoms with van der Waals surface area (Å²) in [5.41, 5.74) is 0. The van der Waals surface area contributed by atoms with Gasteiger partial charge in [-0.2, -0.15) is 4.31 Å². The molecular formula is C16H25ClN3O5S+. The lowest BCUT2D eigenvalue weighted by atomic mass is 10.3. The molecule has 0 spiro atoms. The fraction of sp³-hybridized carbons (Fsp3) is 0.562. The molecule has 2 N–H and O–H groups in total. The molecule has 10 heteroatoms. The SMILES string of the molecule is COc1ccc(S(=O)(=O)N(C)CC(=O)NCC[NH+]2CCOCC2)cc1Cl. The minimum atomic E-state index is -3.82. The molecule has 1 amide bonds. The van der Waals surface area contributed by atoms with E-state index in [9.17, 15) is 13.2 Å². The highest BCUT2D eigenvalue weighted by Crippen LogP contribution is 2.27. The fourth-order valence-electron chi connectivity index (χ4n) is 2.62. The third-order valence-corrected chi connectivity index (χ3v) is 6.29. The fourth-order valence-corrected chi connectivity index (χ4v) is 4.10. The summed E-state index contributed by atoms with van der Waals surface area (Å²) in [7, 11) is -1.01. The molecule has 0 aromatic heterocycles. The molecule has 1 saturated heterocycles. The molecule has 8 nitrogen and oxygen atoms in total. The highest BCUT2D eigenvalue weighted by atomic mass is 35.5. The molecule has 146 valence electrons. The molecule has 0 aliphatic carbocycles. The monoisotopic (exact) mass is 406 g/mol. The number of methoxy groups -OCH3 is 1. The summed E-state index contributed by atoms with van der Waals surface area (Å²) in [6.07, 6.45) is 0.